The van der Waals surface area contributed by atoms with Gasteiger partial charge in [-0.05, 0) is 29.8 Å². The number of rotatable bonds is 6. The zero-order valence-electron chi connectivity index (χ0n) is 18.1. The highest BCUT2D eigenvalue weighted by atomic mass is 35.5. The van der Waals surface area contributed by atoms with E-state index in [1.54, 1.807) is 17.2 Å². The van der Waals surface area contributed by atoms with Crippen molar-refractivity contribution < 1.29 is 9.53 Å². The van der Waals surface area contributed by atoms with Gasteiger partial charge in [0.2, 0.25) is 0 Å². The van der Waals surface area contributed by atoms with Crippen molar-refractivity contribution in [3.05, 3.63) is 112 Å². The van der Waals surface area contributed by atoms with Crippen LogP contribution in [0.1, 0.15) is 17.3 Å². The fourth-order valence-electron chi connectivity index (χ4n) is 3.82. The van der Waals surface area contributed by atoms with Crippen molar-refractivity contribution in [1.29, 1.82) is 0 Å². The molecule has 3 aromatic rings. The molecule has 2 heterocycles. The molecule has 0 aliphatic carbocycles. The maximum Gasteiger partial charge on any atom is 0.276 e. The number of ether oxygens (including phenoxy) is 1. The van der Waals surface area contributed by atoms with E-state index in [1.165, 1.54) is 11.8 Å². The average molecular weight is 489 g/mol. The molecule has 0 spiro atoms. The zero-order valence-corrected chi connectivity index (χ0v) is 19.7. The van der Waals surface area contributed by atoms with E-state index >= 15 is 0 Å². The second kappa shape index (κ2) is 9.75. The molecule has 0 radical (unpaired) electrons. The van der Waals surface area contributed by atoms with Gasteiger partial charge in [0.15, 0.2) is 11.3 Å². The molecular formula is C26H21ClN4O2S. The Morgan fingerprint density at radius 2 is 1.91 bits per heavy atom. The van der Waals surface area contributed by atoms with Crippen LogP contribution in [0.3, 0.4) is 0 Å². The Bertz CT molecular complexity index is 1410. The molecule has 1 atom stereocenters. The van der Waals surface area contributed by atoms with Crippen LogP contribution < -0.4 is 20.6 Å². The molecule has 1 amide bonds. The van der Waals surface area contributed by atoms with Crippen LogP contribution in [-0.2, 0) is 11.4 Å². The van der Waals surface area contributed by atoms with Gasteiger partial charge in [0, 0.05) is 21.6 Å². The maximum atomic E-state index is 13.2. The Morgan fingerprint density at radius 1 is 1.12 bits per heavy atom. The number of hydrogen-bond acceptors (Lipinski definition) is 6. The van der Waals surface area contributed by atoms with Crippen LogP contribution in [0.5, 0.6) is 5.75 Å². The number of para-hydroxylation sites is 1. The van der Waals surface area contributed by atoms with Crippen molar-refractivity contribution in [2.45, 2.75) is 12.8 Å². The van der Waals surface area contributed by atoms with Crippen LogP contribution in [0.4, 0.5) is 0 Å². The molecule has 0 fully saturated rings. The van der Waals surface area contributed by atoms with E-state index in [-0.39, 0.29) is 5.91 Å². The second-order valence-electron chi connectivity index (χ2n) is 7.63. The number of carbonyl (C=O) groups excluding carboxylic acids is 1. The molecule has 0 aromatic heterocycles. The molecular weight excluding hydrogens is 468 g/mol. The van der Waals surface area contributed by atoms with Gasteiger partial charge in [-0.25, -0.2) is 5.01 Å². The monoisotopic (exact) mass is 488 g/mol. The van der Waals surface area contributed by atoms with Gasteiger partial charge in [-0.15, -0.1) is 11.7 Å². The van der Waals surface area contributed by atoms with Gasteiger partial charge in [0.1, 0.15) is 18.1 Å². The Kier molecular flexibility index (Phi) is 6.38. The number of thioether (sulfide) groups is 1. The normalized spacial score (nSPS) is 16.6. The van der Waals surface area contributed by atoms with Crippen LogP contribution in [0.2, 0.25) is 5.02 Å². The molecule has 6 nitrogen and oxygen atoms in total. The van der Waals surface area contributed by atoms with E-state index in [0.717, 1.165) is 16.3 Å². The first-order valence-electron chi connectivity index (χ1n) is 10.7. The minimum absolute atomic E-state index is 0.234. The van der Waals surface area contributed by atoms with Gasteiger partial charge in [-0.3, -0.25) is 15.1 Å². The molecule has 0 saturated carbocycles. The summed E-state index contributed by atoms with van der Waals surface area (Å²) in [7, 11) is 0. The van der Waals surface area contributed by atoms with Gasteiger partial charge in [0.05, 0.1) is 5.36 Å². The summed E-state index contributed by atoms with van der Waals surface area (Å²) in [5.41, 5.74) is 2.20. The number of fused-ring (bicyclic) bond motifs is 2. The Balaban J connectivity index is 1.61. The van der Waals surface area contributed by atoms with Gasteiger partial charge < -0.3 is 4.74 Å². The lowest BCUT2D eigenvalue weighted by atomic mass is 10.1. The summed E-state index contributed by atoms with van der Waals surface area (Å²) in [5, 5.41) is 11.8. The predicted molar refractivity (Wildman–Crippen MR) is 136 cm³/mol. The van der Waals surface area contributed by atoms with E-state index in [4.69, 9.17) is 26.4 Å². The third-order valence-corrected chi connectivity index (χ3v) is 6.44. The number of benzene rings is 3. The van der Waals surface area contributed by atoms with Crippen LogP contribution in [0.25, 0.3) is 5.70 Å². The lowest BCUT2D eigenvalue weighted by Crippen LogP contribution is -2.50. The molecule has 1 N–H and O–H groups in total. The van der Waals surface area contributed by atoms with Gasteiger partial charge in [-0.2, -0.15) is 0 Å². The fourth-order valence-corrected chi connectivity index (χ4v) is 4.59. The van der Waals surface area contributed by atoms with Crippen LogP contribution in [0, 0.1) is 0 Å². The standard InChI is InChI=1S/C26H21ClN4O2S/c1-2-14-34-26-29-25(32)23-19-10-6-7-11-21(19)28-24(31(23)30-26)20-15-18(27)12-13-22(20)33-16-17-8-4-3-5-9-17/h2-13,15,24H,1,14,16H2,(H,29,30,32)/t24-/m0/s1. The number of halogens is 1. The van der Waals surface area contributed by atoms with E-state index in [1.807, 2.05) is 66.7 Å². The third kappa shape index (κ3) is 4.44. The van der Waals surface area contributed by atoms with Gasteiger partial charge in [-0.1, -0.05) is 78.0 Å². The molecule has 0 unspecified atom stereocenters. The SMILES string of the molecule is C=CCSC1=NN2C(=c3ccccc3=N[C@@H]2c2cc(Cl)ccc2OCc2ccccc2)C(=O)N1. The molecule has 5 rings (SSSR count). The lowest BCUT2D eigenvalue weighted by molar-refractivity contribution is -0.116. The quantitative estimate of drug-likeness (QED) is 0.533. The number of nitrogens with zero attached hydrogens (tertiary/aromatic N) is 3. The first kappa shape index (κ1) is 22.3. The summed E-state index contributed by atoms with van der Waals surface area (Å²) < 4.78 is 6.20. The highest BCUT2D eigenvalue weighted by Crippen LogP contribution is 2.37. The second-order valence-corrected chi connectivity index (χ2v) is 9.07. The van der Waals surface area contributed by atoms with Gasteiger partial charge >= 0.3 is 0 Å². The summed E-state index contributed by atoms with van der Waals surface area (Å²) >= 11 is 7.80. The van der Waals surface area contributed by atoms with E-state index in [0.29, 0.717) is 39.4 Å². The molecule has 0 saturated heterocycles. The van der Waals surface area contributed by atoms with Gasteiger partial charge in [0.25, 0.3) is 5.91 Å². The third-order valence-electron chi connectivity index (χ3n) is 5.34. The van der Waals surface area contributed by atoms with Crippen molar-refractivity contribution in [1.82, 2.24) is 10.3 Å². The Morgan fingerprint density at radius 3 is 2.74 bits per heavy atom. The van der Waals surface area contributed by atoms with Crippen molar-refractivity contribution in [2.24, 2.45) is 10.1 Å². The highest BCUT2D eigenvalue weighted by molar-refractivity contribution is 8.14. The number of hydrazone groups is 1. The molecule has 3 aromatic carbocycles. The summed E-state index contributed by atoms with van der Waals surface area (Å²) in [6.45, 7) is 4.14. The summed E-state index contributed by atoms with van der Waals surface area (Å²) in [5.74, 6) is 1.01. The zero-order chi connectivity index (χ0) is 23.5. The topological polar surface area (TPSA) is 66.3 Å². The van der Waals surface area contributed by atoms with Crippen molar-refractivity contribution in [3.63, 3.8) is 0 Å². The van der Waals surface area contributed by atoms with E-state index in [2.05, 4.69) is 11.9 Å². The average Bonchev–Trinajstić information content (AvgIpc) is 2.86. The summed E-state index contributed by atoms with van der Waals surface area (Å²) in [6.07, 6.45) is 1.14. The number of amidine groups is 1. The highest BCUT2D eigenvalue weighted by Gasteiger charge is 2.35. The molecule has 2 aliphatic rings. The predicted octanol–water partition coefficient (Wildman–Crippen LogP) is 3.98. The van der Waals surface area contributed by atoms with Crippen molar-refractivity contribution in [2.75, 3.05) is 5.75 Å². The molecule has 2 aliphatic heterocycles. The number of amides is 1. The van der Waals surface area contributed by atoms with Crippen LogP contribution in [0.15, 0.2) is 95.5 Å². The fraction of sp³-hybridized carbons (Fsp3) is 0.115. The molecule has 8 heteroatoms. The van der Waals surface area contributed by atoms with Crippen molar-refractivity contribution in [3.8, 4) is 5.75 Å². The smallest absolute Gasteiger partial charge is 0.276 e. The van der Waals surface area contributed by atoms with E-state index < -0.39 is 6.17 Å². The Hall–Kier alpha value is -3.55. The minimum Gasteiger partial charge on any atom is -0.488 e. The molecule has 0 bridgehead atoms. The first-order chi connectivity index (χ1) is 16.6. The summed E-state index contributed by atoms with van der Waals surface area (Å²) in [4.78, 5) is 18.2. The number of carbonyl (C=O) groups is 1. The summed E-state index contributed by atoms with van der Waals surface area (Å²) in [6, 6.07) is 22.9. The van der Waals surface area contributed by atoms with Crippen LogP contribution in [-0.4, -0.2) is 21.8 Å². The molecule has 170 valence electrons. The maximum absolute atomic E-state index is 13.2. The Labute approximate surface area is 206 Å². The van der Waals surface area contributed by atoms with Crippen LogP contribution >= 0.6 is 23.4 Å². The van der Waals surface area contributed by atoms with E-state index in [9.17, 15) is 4.79 Å². The first-order valence-corrected chi connectivity index (χ1v) is 12.1. The van der Waals surface area contributed by atoms with Crippen molar-refractivity contribution >= 4 is 40.1 Å². The molecule has 34 heavy (non-hydrogen) atoms. The largest absolute Gasteiger partial charge is 0.488 e. The number of hydrogen-bond donors (Lipinski definition) is 1. The minimum atomic E-state index is -0.625. The lowest BCUT2D eigenvalue weighted by Gasteiger charge is -2.34. The number of nitrogens with one attached hydrogen (secondary N) is 1.